The molecule has 0 aromatic rings. The van der Waals surface area contributed by atoms with Gasteiger partial charge in [-0.2, -0.15) is 0 Å². The molecule has 0 fully saturated rings. The summed E-state index contributed by atoms with van der Waals surface area (Å²) in [5, 5.41) is 0. The molecule has 1 aliphatic carbocycles. The molecule has 66 valence electrons. The second-order valence-corrected chi connectivity index (χ2v) is 3.48. The first-order chi connectivity index (χ1) is 4.10. The lowest BCUT2D eigenvalue weighted by molar-refractivity contribution is 0.480. The highest BCUT2D eigenvalue weighted by Gasteiger charge is 2.14. The Hall–Kier alpha value is -0.520. The summed E-state index contributed by atoms with van der Waals surface area (Å²) in [6, 6.07) is 0. The summed E-state index contributed by atoms with van der Waals surface area (Å²) < 4.78 is 0. The van der Waals surface area contributed by atoms with E-state index in [-0.39, 0.29) is 14.9 Å². The van der Waals surface area contributed by atoms with Crippen LogP contribution in [0.2, 0.25) is 0 Å². The summed E-state index contributed by atoms with van der Waals surface area (Å²) >= 11 is 0. The van der Waals surface area contributed by atoms with E-state index >= 15 is 0 Å². The van der Waals surface area contributed by atoms with Crippen LogP contribution in [0.4, 0.5) is 0 Å². The van der Waals surface area contributed by atoms with Crippen LogP contribution in [0.1, 0.15) is 42.0 Å². The fourth-order valence-corrected chi connectivity index (χ4v) is 1.27. The molecule has 1 rings (SSSR count). The molecule has 0 unspecified atom stereocenters. The molecule has 0 aromatic carbocycles. The second-order valence-electron chi connectivity index (χ2n) is 3.48. The van der Waals surface area contributed by atoms with Gasteiger partial charge in [0.15, 0.2) is 0 Å². The molecule has 1 aliphatic rings. The number of rotatable bonds is 0. The lowest BCUT2D eigenvalue weighted by atomic mass is 9.84. The normalized spacial score (nSPS) is 19.4. The molecule has 0 nitrogen and oxygen atoms in total. The van der Waals surface area contributed by atoms with Gasteiger partial charge in [0.25, 0.3) is 0 Å². The molecule has 0 amide bonds. The predicted octanol–water partition coefficient (Wildman–Crippen LogP) is 4.19. The van der Waals surface area contributed by atoms with Crippen LogP contribution in [0, 0.1) is 5.41 Å². The Kier molecular flexibility index (Phi) is 5.21. The predicted molar refractivity (Wildman–Crippen MR) is 54.8 cm³/mol. The Morgan fingerprint density at radius 3 is 2.09 bits per heavy atom. The van der Waals surface area contributed by atoms with Crippen molar-refractivity contribution in [3.05, 3.63) is 23.8 Å². The summed E-state index contributed by atoms with van der Waals surface area (Å²) in [6.45, 7) is 6.68. The standard InChI is InChI=1S/C9H14.2CH4/c1-8-5-4-6-9(2,3)7-8;;/h4-5,7H,6H2,1-3H3;2*1H4. The van der Waals surface area contributed by atoms with Crippen molar-refractivity contribution in [2.45, 2.75) is 42.0 Å². The van der Waals surface area contributed by atoms with Crippen molar-refractivity contribution < 1.29 is 0 Å². The Bertz CT molecular complexity index is 159. The van der Waals surface area contributed by atoms with Crippen LogP contribution in [0.5, 0.6) is 0 Å². The van der Waals surface area contributed by atoms with Crippen LogP contribution in [0.3, 0.4) is 0 Å². The zero-order valence-electron chi connectivity index (χ0n) is 6.44. The molecular weight excluding hydrogens is 132 g/mol. The zero-order valence-corrected chi connectivity index (χ0v) is 6.44. The first-order valence-electron chi connectivity index (χ1n) is 3.46. The van der Waals surface area contributed by atoms with Crippen molar-refractivity contribution in [3.63, 3.8) is 0 Å². The minimum absolute atomic E-state index is 0. The molecule has 0 bridgehead atoms. The molecule has 0 aliphatic heterocycles. The average molecular weight is 154 g/mol. The molecule has 0 N–H and O–H groups in total. The number of allylic oxidation sites excluding steroid dienone is 4. The van der Waals surface area contributed by atoms with E-state index in [4.69, 9.17) is 0 Å². The van der Waals surface area contributed by atoms with Gasteiger partial charge in [0.05, 0.1) is 0 Å². The van der Waals surface area contributed by atoms with Gasteiger partial charge in [-0.15, -0.1) is 0 Å². The quantitative estimate of drug-likeness (QED) is 0.490. The molecule has 0 heteroatoms. The highest BCUT2D eigenvalue weighted by molar-refractivity contribution is 5.23. The highest BCUT2D eigenvalue weighted by Crippen LogP contribution is 2.28. The van der Waals surface area contributed by atoms with Gasteiger partial charge >= 0.3 is 0 Å². The minimum atomic E-state index is 0. The van der Waals surface area contributed by atoms with E-state index in [2.05, 4.69) is 39.0 Å². The highest BCUT2D eigenvalue weighted by atomic mass is 14.2. The fourth-order valence-electron chi connectivity index (χ4n) is 1.27. The van der Waals surface area contributed by atoms with Crippen LogP contribution < -0.4 is 0 Å². The molecule has 0 saturated carbocycles. The summed E-state index contributed by atoms with van der Waals surface area (Å²) in [6.07, 6.45) is 7.94. The monoisotopic (exact) mass is 154 g/mol. The van der Waals surface area contributed by atoms with E-state index in [1.807, 2.05) is 0 Å². The minimum Gasteiger partial charge on any atom is -0.0834 e. The summed E-state index contributed by atoms with van der Waals surface area (Å²) in [7, 11) is 0. The fraction of sp³-hybridized carbons (Fsp3) is 0.636. The van der Waals surface area contributed by atoms with Crippen LogP contribution >= 0.6 is 0 Å². The van der Waals surface area contributed by atoms with Gasteiger partial charge in [-0.1, -0.05) is 52.5 Å². The topological polar surface area (TPSA) is 0 Å². The average Bonchev–Trinajstić information content (AvgIpc) is 1.60. The van der Waals surface area contributed by atoms with Crippen molar-refractivity contribution >= 4 is 0 Å². The summed E-state index contributed by atoms with van der Waals surface area (Å²) in [4.78, 5) is 0. The Labute approximate surface area is 72.0 Å². The number of hydrogen-bond acceptors (Lipinski definition) is 0. The van der Waals surface area contributed by atoms with Crippen LogP contribution in [0.15, 0.2) is 23.8 Å². The maximum absolute atomic E-state index is 2.33. The van der Waals surface area contributed by atoms with E-state index < -0.39 is 0 Å². The van der Waals surface area contributed by atoms with E-state index in [1.54, 1.807) is 0 Å². The van der Waals surface area contributed by atoms with E-state index in [0.717, 1.165) is 0 Å². The van der Waals surface area contributed by atoms with Gasteiger partial charge in [-0.05, 0) is 18.8 Å². The maximum Gasteiger partial charge on any atom is -0.0135 e. The molecule has 11 heavy (non-hydrogen) atoms. The Morgan fingerprint density at radius 2 is 1.82 bits per heavy atom. The van der Waals surface area contributed by atoms with Gasteiger partial charge in [0.1, 0.15) is 0 Å². The van der Waals surface area contributed by atoms with Gasteiger partial charge in [-0.3, -0.25) is 0 Å². The lowest BCUT2D eigenvalue weighted by Crippen LogP contribution is -2.08. The first kappa shape index (κ1) is 13.1. The SMILES string of the molecule is C.C.CC1=CC(C)(C)CC=C1. The van der Waals surface area contributed by atoms with E-state index in [9.17, 15) is 0 Å². The third-order valence-corrected chi connectivity index (χ3v) is 1.64. The smallest absolute Gasteiger partial charge is 0.0135 e. The van der Waals surface area contributed by atoms with Crippen molar-refractivity contribution in [1.29, 1.82) is 0 Å². The van der Waals surface area contributed by atoms with Gasteiger partial charge in [-0.25, -0.2) is 0 Å². The van der Waals surface area contributed by atoms with Crippen molar-refractivity contribution in [2.75, 3.05) is 0 Å². The van der Waals surface area contributed by atoms with Crippen LogP contribution in [0.25, 0.3) is 0 Å². The van der Waals surface area contributed by atoms with Gasteiger partial charge in [0.2, 0.25) is 0 Å². The third kappa shape index (κ3) is 4.02. The molecule has 0 spiro atoms. The van der Waals surface area contributed by atoms with Crippen LogP contribution in [-0.2, 0) is 0 Å². The molecular formula is C11H22. The van der Waals surface area contributed by atoms with Crippen molar-refractivity contribution in [3.8, 4) is 0 Å². The molecule has 0 radical (unpaired) electrons. The Balaban J connectivity index is 0. The van der Waals surface area contributed by atoms with E-state index in [1.165, 1.54) is 12.0 Å². The second kappa shape index (κ2) is 4.38. The lowest BCUT2D eigenvalue weighted by Gasteiger charge is -2.21. The van der Waals surface area contributed by atoms with Gasteiger partial charge < -0.3 is 0 Å². The number of hydrogen-bond donors (Lipinski definition) is 0. The summed E-state index contributed by atoms with van der Waals surface area (Å²) in [5.41, 5.74) is 1.80. The zero-order chi connectivity index (χ0) is 6.91. The van der Waals surface area contributed by atoms with Crippen LogP contribution in [-0.4, -0.2) is 0 Å². The molecule has 0 saturated heterocycles. The first-order valence-corrected chi connectivity index (χ1v) is 3.46. The largest absolute Gasteiger partial charge is 0.0834 e. The maximum atomic E-state index is 2.33. The van der Waals surface area contributed by atoms with Crippen molar-refractivity contribution in [1.82, 2.24) is 0 Å². The van der Waals surface area contributed by atoms with Gasteiger partial charge in [0, 0.05) is 0 Å². The third-order valence-electron chi connectivity index (χ3n) is 1.64. The van der Waals surface area contributed by atoms with Crippen molar-refractivity contribution in [2.24, 2.45) is 5.41 Å². The molecule has 0 aromatic heterocycles. The molecule has 0 atom stereocenters. The Morgan fingerprint density at radius 1 is 1.27 bits per heavy atom. The molecule has 0 heterocycles. The van der Waals surface area contributed by atoms with E-state index in [0.29, 0.717) is 5.41 Å². The summed E-state index contributed by atoms with van der Waals surface area (Å²) in [5.74, 6) is 0.